The molecule has 0 aliphatic rings. The van der Waals surface area contributed by atoms with Crippen LogP contribution in [0.25, 0.3) is 0 Å². The molecule has 0 fully saturated rings. The predicted octanol–water partition coefficient (Wildman–Crippen LogP) is 5.19. The number of rotatable bonds is 11. The van der Waals surface area contributed by atoms with Crippen molar-refractivity contribution in [2.45, 2.75) is 77.6 Å². The molecule has 0 amide bonds. The fourth-order valence-electron chi connectivity index (χ4n) is 2.22. The van der Waals surface area contributed by atoms with Gasteiger partial charge >= 0.3 is 0 Å². The first-order chi connectivity index (χ1) is 8.83. The van der Waals surface area contributed by atoms with Crippen molar-refractivity contribution < 1.29 is 0 Å². The lowest BCUT2D eigenvalue weighted by molar-refractivity contribution is 0.557. The van der Waals surface area contributed by atoms with Crippen LogP contribution in [-0.2, 0) is 6.42 Å². The third kappa shape index (κ3) is 7.70. The first kappa shape index (κ1) is 15.5. The number of anilines is 1. The van der Waals surface area contributed by atoms with Crippen LogP contribution in [0.5, 0.6) is 0 Å². The van der Waals surface area contributed by atoms with Crippen molar-refractivity contribution in [2.24, 2.45) is 0 Å². The minimum absolute atomic E-state index is 0.706. The van der Waals surface area contributed by atoms with E-state index in [1.54, 1.807) is 11.3 Å². The summed E-state index contributed by atoms with van der Waals surface area (Å²) in [6.07, 6.45) is 17.0. The van der Waals surface area contributed by atoms with Crippen LogP contribution in [0.4, 0.5) is 5.13 Å². The molecule has 0 saturated heterocycles. The van der Waals surface area contributed by atoms with Gasteiger partial charge in [0.1, 0.15) is 0 Å². The smallest absolute Gasteiger partial charge is 0.180 e. The Labute approximate surface area is 116 Å². The monoisotopic (exact) mass is 268 g/mol. The lowest BCUT2D eigenvalue weighted by Gasteiger charge is -2.01. The highest BCUT2D eigenvalue weighted by molar-refractivity contribution is 7.15. The number of thiazole rings is 1. The van der Waals surface area contributed by atoms with Crippen molar-refractivity contribution in [2.75, 3.05) is 5.73 Å². The Kier molecular flexibility index (Phi) is 8.92. The average molecular weight is 268 g/mol. The molecule has 0 aromatic carbocycles. The lowest BCUT2D eigenvalue weighted by atomic mass is 10.1. The molecule has 0 spiro atoms. The van der Waals surface area contributed by atoms with Crippen molar-refractivity contribution >= 4 is 16.5 Å². The summed E-state index contributed by atoms with van der Waals surface area (Å²) in [6, 6.07) is 0. The summed E-state index contributed by atoms with van der Waals surface area (Å²) in [7, 11) is 0. The Morgan fingerprint density at radius 2 is 1.50 bits per heavy atom. The van der Waals surface area contributed by atoms with E-state index in [1.807, 2.05) is 6.20 Å². The molecule has 3 heteroatoms. The van der Waals surface area contributed by atoms with Gasteiger partial charge in [-0.25, -0.2) is 4.98 Å². The predicted molar refractivity (Wildman–Crippen MR) is 82.1 cm³/mol. The summed E-state index contributed by atoms with van der Waals surface area (Å²) < 4.78 is 0. The Bertz CT molecular complexity index is 296. The largest absolute Gasteiger partial charge is 0.375 e. The normalized spacial score (nSPS) is 10.9. The third-order valence-electron chi connectivity index (χ3n) is 3.35. The minimum atomic E-state index is 0.706. The molecule has 0 saturated carbocycles. The highest BCUT2D eigenvalue weighted by atomic mass is 32.1. The van der Waals surface area contributed by atoms with Gasteiger partial charge in [0.25, 0.3) is 0 Å². The number of hydrogen-bond acceptors (Lipinski definition) is 3. The second kappa shape index (κ2) is 10.4. The van der Waals surface area contributed by atoms with Crippen LogP contribution in [0.3, 0.4) is 0 Å². The number of nitrogen functional groups attached to an aromatic ring is 1. The first-order valence-corrected chi connectivity index (χ1v) is 8.34. The van der Waals surface area contributed by atoms with E-state index in [4.69, 9.17) is 5.73 Å². The van der Waals surface area contributed by atoms with Gasteiger partial charge < -0.3 is 5.73 Å². The van der Waals surface area contributed by atoms with E-state index in [1.165, 1.54) is 69.1 Å². The zero-order valence-corrected chi connectivity index (χ0v) is 12.6. The number of hydrogen-bond donors (Lipinski definition) is 1. The lowest BCUT2D eigenvalue weighted by Crippen LogP contribution is -1.84. The maximum Gasteiger partial charge on any atom is 0.180 e. The van der Waals surface area contributed by atoms with Crippen molar-refractivity contribution in [3.05, 3.63) is 11.1 Å². The summed E-state index contributed by atoms with van der Waals surface area (Å²) in [5.74, 6) is 0. The summed E-state index contributed by atoms with van der Waals surface area (Å²) in [5, 5.41) is 0.706. The van der Waals surface area contributed by atoms with E-state index in [0.29, 0.717) is 5.13 Å². The van der Waals surface area contributed by atoms with Crippen molar-refractivity contribution in [3.63, 3.8) is 0 Å². The Morgan fingerprint density at radius 1 is 0.944 bits per heavy atom. The molecule has 0 aliphatic heterocycles. The fraction of sp³-hybridized carbons (Fsp3) is 0.800. The SMILES string of the molecule is CCCCCCCCCCCCc1cnc(N)s1. The van der Waals surface area contributed by atoms with Gasteiger partial charge in [-0.3, -0.25) is 0 Å². The Balaban J connectivity index is 1.81. The maximum absolute atomic E-state index is 5.61. The summed E-state index contributed by atoms with van der Waals surface area (Å²) in [4.78, 5) is 5.42. The van der Waals surface area contributed by atoms with Gasteiger partial charge in [0.15, 0.2) is 5.13 Å². The third-order valence-corrected chi connectivity index (χ3v) is 4.23. The summed E-state index contributed by atoms with van der Waals surface area (Å²) in [5.41, 5.74) is 5.61. The summed E-state index contributed by atoms with van der Waals surface area (Å²) >= 11 is 1.63. The number of aromatic nitrogens is 1. The van der Waals surface area contributed by atoms with Crippen molar-refractivity contribution in [1.29, 1.82) is 0 Å². The molecule has 1 aromatic rings. The second-order valence-corrected chi connectivity index (χ2v) is 6.24. The summed E-state index contributed by atoms with van der Waals surface area (Å²) in [6.45, 7) is 2.27. The highest BCUT2D eigenvalue weighted by Gasteiger charge is 1.98. The van der Waals surface area contributed by atoms with Gasteiger partial charge in [-0.1, -0.05) is 64.7 Å². The van der Waals surface area contributed by atoms with Crippen LogP contribution in [0.15, 0.2) is 6.20 Å². The topological polar surface area (TPSA) is 38.9 Å². The minimum Gasteiger partial charge on any atom is -0.375 e. The molecule has 1 rings (SSSR count). The number of nitrogens with two attached hydrogens (primary N) is 1. The molecule has 0 radical (unpaired) electrons. The van der Waals surface area contributed by atoms with Crippen molar-refractivity contribution in [3.8, 4) is 0 Å². The molecule has 1 aromatic heterocycles. The molecule has 0 aliphatic carbocycles. The number of nitrogens with zero attached hydrogens (tertiary/aromatic N) is 1. The Hall–Kier alpha value is -0.570. The van der Waals surface area contributed by atoms with Gasteiger partial charge in [-0.15, -0.1) is 11.3 Å². The molecular formula is C15H28N2S. The van der Waals surface area contributed by atoms with Gasteiger partial charge in [0.05, 0.1) is 0 Å². The van der Waals surface area contributed by atoms with E-state index in [9.17, 15) is 0 Å². The van der Waals surface area contributed by atoms with Crippen LogP contribution < -0.4 is 5.73 Å². The highest BCUT2D eigenvalue weighted by Crippen LogP contribution is 2.18. The van der Waals surface area contributed by atoms with E-state index in [2.05, 4.69) is 11.9 Å². The van der Waals surface area contributed by atoms with Crippen LogP contribution in [-0.4, -0.2) is 4.98 Å². The molecule has 0 bridgehead atoms. The van der Waals surface area contributed by atoms with Crippen LogP contribution in [0, 0.1) is 0 Å². The maximum atomic E-state index is 5.61. The quantitative estimate of drug-likeness (QED) is 0.561. The average Bonchev–Trinajstić information content (AvgIpc) is 2.77. The van der Waals surface area contributed by atoms with Gasteiger partial charge in [0.2, 0.25) is 0 Å². The molecule has 18 heavy (non-hydrogen) atoms. The number of aryl methyl sites for hydroxylation is 1. The molecule has 1 heterocycles. The van der Waals surface area contributed by atoms with Crippen LogP contribution in [0.1, 0.15) is 76.0 Å². The fourth-order valence-corrected chi connectivity index (χ4v) is 2.95. The van der Waals surface area contributed by atoms with E-state index >= 15 is 0 Å². The van der Waals surface area contributed by atoms with Crippen LogP contribution >= 0.6 is 11.3 Å². The standard InChI is InChI=1S/C15H28N2S/c1-2-3-4-5-6-7-8-9-10-11-12-14-13-17-15(16)18-14/h13H,2-12H2,1H3,(H2,16,17). The molecule has 0 unspecified atom stereocenters. The van der Waals surface area contributed by atoms with E-state index < -0.39 is 0 Å². The van der Waals surface area contributed by atoms with Gasteiger partial charge in [-0.2, -0.15) is 0 Å². The second-order valence-electron chi connectivity index (χ2n) is 5.10. The number of unbranched alkanes of at least 4 members (excludes halogenated alkanes) is 9. The molecular weight excluding hydrogens is 240 g/mol. The van der Waals surface area contributed by atoms with E-state index in [0.717, 1.165) is 6.42 Å². The first-order valence-electron chi connectivity index (χ1n) is 7.53. The molecule has 2 nitrogen and oxygen atoms in total. The van der Waals surface area contributed by atoms with Gasteiger partial charge in [0, 0.05) is 11.1 Å². The van der Waals surface area contributed by atoms with E-state index in [-0.39, 0.29) is 0 Å². The zero-order valence-electron chi connectivity index (χ0n) is 11.8. The molecule has 104 valence electrons. The van der Waals surface area contributed by atoms with Crippen molar-refractivity contribution in [1.82, 2.24) is 4.98 Å². The molecule has 0 atom stereocenters. The van der Waals surface area contributed by atoms with Crippen LogP contribution in [0.2, 0.25) is 0 Å². The van der Waals surface area contributed by atoms with Gasteiger partial charge in [-0.05, 0) is 12.8 Å². The zero-order chi connectivity index (χ0) is 13.1. The molecule has 2 N–H and O–H groups in total. The Morgan fingerprint density at radius 3 is 2.00 bits per heavy atom.